The maximum Gasteiger partial charge on any atom is 0.191 e. The molecular formula is C19H29IN4O2. The van der Waals surface area contributed by atoms with E-state index in [0.29, 0.717) is 26.3 Å². The van der Waals surface area contributed by atoms with E-state index in [1.54, 1.807) is 7.05 Å². The lowest BCUT2D eigenvalue weighted by Gasteiger charge is -2.12. The van der Waals surface area contributed by atoms with E-state index < -0.39 is 0 Å². The van der Waals surface area contributed by atoms with Crippen LogP contribution in [0.3, 0.4) is 0 Å². The number of hydrogen-bond acceptors (Lipinski definition) is 4. The van der Waals surface area contributed by atoms with Crippen molar-refractivity contribution in [2.45, 2.75) is 39.8 Å². The number of nitrogens with zero attached hydrogens (tertiary/aromatic N) is 2. The number of aromatic nitrogens is 1. The standard InChI is InChI=1S/C19H28N4O2.HI/c1-4-17-16(18(5-2)25-23-17)13-22-19(20-3)21-11-12-24-14-15-9-7-6-8-10-15;/h6-10H,4-5,11-14H2,1-3H3,(H2,20,21,22);1H. The Morgan fingerprint density at radius 2 is 1.92 bits per heavy atom. The quantitative estimate of drug-likeness (QED) is 0.254. The molecule has 2 rings (SSSR count). The summed E-state index contributed by atoms with van der Waals surface area (Å²) in [5.74, 6) is 1.68. The van der Waals surface area contributed by atoms with E-state index in [0.717, 1.165) is 35.8 Å². The van der Waals surface area contributed by atoms with Gasteiger partial charge in [-0.3, -0.25) is 4.99 Å². The number of rotatable bonds is 9. The number of halogens is 1. The number of guanidine groups is 1. The molecule has 1 aromatic heterocycles. The predicted octanol–water partition coefficient (Wildman–Crippen LogP) is 3.30. The maximum absolute atomic E-state index is 5.67. The van der Waals surface area contributed by atoms with Gasteiger partial charge in [-0.1, -0.05) is 49.3 Å². The number of aliphatic imine (C=N–C) groups is 1. The van der Waals surface area contributed by atoms with Crippen LogP contribution < -0.4 is 10.6 Å². The number of hydrogen-bond donors (Lipinski definition) is 2. The highest BCUT2D eigenvalue weighted by Crippen LogP contribution is 2.15. The molecular weight excluding hydrogens is 443 g/mol. The van der Waals surface area contributed by atoms with Gasteiger partial charge in [0.15, 0.2) is 5.96 Å². The normalized spacial score (nSPS) is 11.1. The zero-order valence-electron chi connectivity index (χ0n) is 15.7. The molecule has 0 radical (unpaired) electrons. The van der Waals surface area contributed by atoms with E-state index >= 15 is 0 Å². The Hall–Kier alpha value is -1.61. The fourth-order valence-electron chi connectivity index (χ4n) is 2.54. The van der Waals surface area contributed by atoms with Gasteiger partial charge in [0.1, 0.15) is 5.76 Å². The van der Waals surface area contributed by atoms with Gasteiger partial charge in [-0.2, -0.15) is 0 Å². The van der Waals surface area contributed by atoms with E-state index in [9.17, 15) is 0 Å². The molecule has 0 amide bonds. The van der Waals surface area contributed by atoms with Crippen LogP contribution in [0.5, 0.6) is 0 Å². The van der Waals surface area contributed by atoms with Gasteiger partial charge in [-0.25, -0.2) is 0 Å². The van der Waals surface area contributed by atoms with Gasteiger partial charge >= 0.3 is 0 Å². The summed E-state index contributed by atoms with van der Waals surface area (Å²) in [6.07, 6.45) is 1.70. The molecule has 1 heterocycles. The lowest BCUT2D eigenvalue weighted by Crippen LogP contribution is -2.38. The smallest absolute Gasteiger partial charge is 0.191 e. The molecule has 7 heteroatoms. The van der Waals surface area contributed by atoms with Crippen molar-refractivity contribution < 1.29 is 9.26 Å². The number of benzene rings is 1. The van der Waals surface area contributed by atoms with E-state index in [1.165, 1.54) is 5.56 Å². The second-order valence-electron chi connectivity index (χ2n) is 5.63. The third kappa shape index (κ3) is 6.95. The average Bonchev–Trinajstić information content (AvgIpc) is 3.06. The van der Waals surface area contributed by atoms with Gasteiger partial charge in [0.05, 0.1) is 18.9 Å². The highest BCUT2D eigenvalue weighted by Gasteiger charge is 2.13. The van der Waals surface area contributed by atoms with Crippen LogP contribution in [0.25, 0.3) is 0 Å². The minimum absolute atomic E-state index is 0. The highest BCUT2D eigenvalue weighted by atomic mass is 127. The molecule has 0 atom stereocenters. The molecule has 0 saturated heterocycles. The highest BCUT2D eigenvalue weighted by molar-refractivity contribution is 14.0. The van der Waals surface area contributed by atoms with E-state index in [1.807, 2.05) is 18.2 Å². The SMILES string of the molecule is CCc1noc(CC)c1CNC(=NC)NCCOCc1ccccc1.I. The van der Waals surface area contributed by atoms with E-state index in [-0.39, 0.29) is 24.0 Å². The Morgan fingerprint density at radius 1 is 1.15 bits per heavy atom. The lowest BCUT2D eigenvalue weighted by molar-refractivity contribution is 0.125. The molecule has 0 bridgehead atoms. The zero-order chi connectivity index (χ0) is 17.9. The minimum atomic E-state index is 0. The van der Waals surface area contributed by atoms with Crippen molar-refractivity contribution in [2.75, 3.05) is 20.2 Å². The Kier molecular flexibility index (Phi) is 11.0. The molecule has 0 aliphatic heterocycles. The maximum atomic E-state index is 5.67. The van der Waals surface area contributed by atoms with Crippen LogP contribution in [-0.4, -0.2) is 31.3 Å². The van der Waals surface area contributed by atoms with Gasteiger partial charge in [0, 0.05) is 32.1 Å². The van der Waals surface area contributed by atoms with Crippen LogP contribution in [0.2, 0.25) is 0 Å². The van der Waals surface area contributed by atoms with Crippen molar-refractivity contribution in [3.8, 4) is 0 Å². The molecule has 0 unspecified atom stereocenters. The second-order valence-corrected chi connectivity index (χ2v) is 5.63. The van der Waals surface area contributed by atoms with Crippen molar-refractivity contribution in [3.05, 3.63) is 52.9 Å². The van der Waals surface area contributed by atoms with E-state index in [4.69, 9.17) is 9.26 Å². The van der Waals surface area contributed by atoms with Crippen LogP contribution in [0.4, 0.5) is 0 Å². The zero-order valence-corrected chi connectivity index (χ0v) is 18.1. The topological polar surface area (TPSA) is 71.7 Å². The Balaban J connectivity index is 0.00000338. The Bertz CT molecular complexity index is 637. The third-order valence-corrected chi connectivity index (χ3v) is 3.91. The average molecular weight is 472 g/mol. The van der Waals surface area contributed by atoms with Crippen molar-refractivity contribution >= 4 is 29.9 Å². The van der Waals surface area contributed by atoms with Crippen molar-refractivity contribution in [3.63, 3.8) is 0 Å². The second kappa shape index (κ2) is 12.7. The minimum Gasteiger partial charge on any atom is -0.375 e. The van der Waals surface area contributed by atoms with Crippen molar-refractivity contribution in [2.24, 2.45) is 4.99 Å². The van der Waals surface area contributed by atoms with Gasteiger partial charge < -0.3 is 19.9 Å². The largest absolute Gasteiger partial charge is 0.375 e. The Morgan fingerprint density at radius 3 is 2.58 bits per heavy atom. The summed E-state index contributed by atoms with van der Waals surface area (Å²) in [5, 5.41) is 10.7. The first kappa shape index (κ1) is 22.4. The lowest BCUT2D eigenvalue weighted by atomic mass is 10.1. The van der Waals surface area contributed by atoms with Crippen LogP contribution in [-0.2, 0) is 30.7 Å². The first-order valence-corrected chi connectivity index (χ1v) is 8.80. The molecule has 6 nitrogen and oxygen atoms in total. The Labute approximate surface area is 172 Å². The molecule has 1 aromatic carbocycles. The van der Waals surface area contributed by atoms with Crippen LogP contribution >= 0.6 is 24.0 Å². The first-order valence-electron chi connectivity index (χ1n) is 8.80. The third-order valence-electron chi connectivity index (χ3n) is 3.91. The molecule has 2 aromatic rings. The molecule has 0 aliphatic carbocycles. The molecule has 0 spiro atoms. The summed E-state index contributed by atoms with van der Waals surface area (Å²) in [6.45, 7) is 6.73. The summed E-state index contributed by atoms with van der Waals surface area (Å²) < 4.78 is 11.1. The van der Waals surface area contributed by atoms with Gasteiger partial charge in [-0.05, 0) is 12.0 Å². The van der Waals surface area contributed by atoms with Crippen LogP contribution in [0, 0.1) is 0 Å². The fourth-order valence-corrected chi connectivity index (χ4v) is 2.54. The summed E-state index contributed by atoms with van der Waals surface area (Å²) >= 11 is 0. The van der Waals surface area contributed by atoms with Crippen LogP contribution in [0.1, 0.15) is 36.4 Å². The van der Waals surface area contributed by atoms with Crippen molar-refractivity contribution in [1.82, 2.24) is 15.8 Å². The molecule has 144 valence electrons. The molecule has 2 N–H and O–H groups in total. The summed E-state index contributed by atoms with van der Waals surface area (Å²) in [5.41, 5.74) is 3.32. The monoisotopic (exact) mass is 472 g/mol. The first-order chi connectivity index (χ1) is 12.3. The van der Waals surface area contributed by atoms with E-state index in [2.05, 4.69) is 46.8 Å². The number of aryl methyl sites for hydroxylation is 2. The summed E-state index contributed by atoms with van der Waals surface area (Å²) in [6, 6.07) is 10.2. The predicted molar refractivity (Wildman–Crippen MR) is 115 cm³/mol. The van der Waals surface area contributed by atoms with Crippen LogP contribution in [0.15, 0.2) is 39.8 Å². The summed E-state index contributed by atoms with van der Waals surface area (Å²) in [4.78, 5) is 4.24. The molecule has 26 heavy (non-hydrogen) atoms. The number of ether oxygens (including phenoxy) is 1. The van der Waals surface area contributed by atoms with Gasteiger partial charge in [-0.15, -0.1) is 24.0 Å². The van der Waals surface area contributed by atoms with Crippen molar-refractivity contribution in [1.29, 1.82) is 0 Å². The molecule has 0 saturated carbocycles. The fraction of sp³-hybridized carbons (Fsp3) is 0.474. The molecule has 0 fully saturated rings. The van der Waals surface area contributed by atoms with Gasteiger partial charge in [0.2, 0.25) is 0 Å². The van der Waals surface area contributed by atoms with Gasteiger partial charge in [0.25, 0.3) is 0 Å². The summed E-state index contributed by atoms with van der Waals surface area (Å²) in [7, 11) is 1.76. The molecule has 0 aliphatic rings. The number of nitrogens with one attached hydrogen (secondary N) is 2.